The Balaban J connectivity index is 1.75. The van der Waals surface area contributed by atoms with Crippen LogP contribution in [0.2, 0.25) is 0 Å². The summed E-state index contributed by atoms with van der Waals surface area (Å²) < 4.78 is 7.70. The van der Waals surface area contributed by atoms with Crippen molar-refractivity contribution in [1.82, 2.24) is 19.7 Å². The van der Waals surface area contributed by atoms with Gasteiger partial charge in [-0.3, -0.25) is 14.5 Å². The highest BCUT2D eigenvalue weighted by Crippen LogP contribution is 2.32. The maximum absolute atomic E-state index is 12.8. The minimum absolute atomic E-state index is 0.0407. The number of aromatic nitrogens is 3. The van der Waals surface area contributed by atoms with Crippen LogP contribution in [0.1, 0.15) is 35.0 Å². The molecule has 1 aliphatic heterocycles. The van der Waals surface area contributed by atoms with Gasteiger partial charge in [0.15, 0.2) is 0 Å². The number of amides is 1. The Labute approximate surface area is 142 Å². The van der Waals surface area contributed by atoms with Gasteiger partial charge in [-0.05, 0) is 26.3 Å². The molecule has 128 valence electrons. The molecule has 0 radical (unpaired) electrons. The van der Waals surface area contributed by atoms with Gasteiger partial charge in [-0.25, -0.2) is 0 Å². The predicted octanol–water partition coefficient (Wildman–Crippen LogP) is 1.96. The van der Waals surface area contributed by atoms with E-state index in [1.165, 1.54) is 0 Å². The molecule has 0 bridgehead atoms. The standard InChI is InChI=1S/C18H24N4O2/c1-12-15(13(2)22(4)20-12)10-17(23)21(3)16-7-9-24-18(16)14-6-5-8-19-11-14/h5-6,8,11,16,18H,7,9-10H2,1-4H3/t16-,18+/m0/s1. The van der Waals surface area contributed by atoms with Crippen LogP contribution in [0.25, 0.3) is 0 Å². The highest BCUT2D eigenvalue weighted by Gasteiger charge is 2.35. The second kappa shape index (κ2) is 6.73. The molecule has 0 aromatic carbocycles. The molecule has 2 aromatic rings. The summed E-state index contributed by atoms with van der Waals surface area (Å²) >= 11 is 0. The van der Waals surface area contributed by atoms with Crippen LogP contribution >= 0.6 is 0 Å². The number of aryl methyl sites for hydroxylation is 2. The van der Waals surface area contributed by atoms with E-state index in [0.29, 0.717) is 13.0 Å². The molecule has 0 aliphatic carbocycles. The number of nitrogens with zero attached hydrogens (tertiary/aromatic N) is 4. The maximum Gasteiger partial charge on any atom is 0.227 e. The fourth-order valence-electron chi connectivity index (χ4n) is 3.37. The molecule has 6 nitrogen and oxygen atoms in total. The van der Waals surface area contributed by atoms with E-state index in [2.05, 4.69) is 10.1 Å². The molecule has 24 heavy (non-hydrogen) atoms. The Kier molecular flexibility index (Phi) is 4.66. The second-order valence-electron chi connectivity index (χ2n) is 6.39. The first-order valence-corrected chi connectivity index (χ1v) is 8.25. The fraction of sp³-hybridized carbons (Fsp3) is 0.500. The number of hydrogen-bond donors (Lipinski definition) is 0. The van der Waals surface area contributed by atoms with Gasteiger partial charge in [0.2, 0.25) is 5.91 Å². The van der Waals surface area contributed by atoms with E-state index in [1.807, 2.05) is 55.9 Å². The average Bonchev–Trinajstić information content (AvgIpc) is 3.16. The fourth-order valence-corrected chi connectivity index (χ4v) is 3.37. The number of rotatable bonds is 4. The largest absolute Gasteiger partial charge is 0.371 e. The van der Waals surface area contributed by atoms with E-state index in [9.17, 15) is 4.79 Å². The monoisotopic (exact) mass is 328 g/mol. The summed E-state index contributed by atoms with van der Waals surface area (Å²) in [6.07, 6.45) is 4.67. The molecule has 3 rings (SSSR count). The van der Waals surface area contributed by atoms with Crippen LogP contribution in [0.5, 0.6) is 0 Å². The summed E-state index contributed by atoms with van der Waals surface area (Å²) in [4.78, 5) is 18.8. The van der Waals surface area contributed by atoms with Gasteiger partial charge in [-0.2, -0.15) is 5.10 Å². The van der Waals surface area contributed by atoms with Crippen LogP contribution in [0, 0.1) is 13.8 Å². The smallest absolute Gasteiger partial charge is 0.227 e. The second-order valence-corrected chi connectivity index (χ2v) is 6.39. The Hall–Kier alpha value is -2.21. The highest BCUT2D eigenvalue weighted by molar-refractivity contribution is 5.79. The maximum atomic E-state index is 12.8. The van der Waals surface area contributed by atoms with Gasteiger partial charge < -0.3 is 9.64 Å². The quantitative estimate of drug-likeness (QED) is 0.861. The molecule has 6 heteroatoms. The number of carbonyl (C=O) groups is 1. The van der Waals surface area contributed by atoms with Crippen LogP contribution in [-0.4, -0.2) is 45.3 Å². The minimum Gasteiger partial charge on any atom is -0.371 e. The third kappa shape index (κ3) is 3.06. The van der Waals surface area contributed by atoms with Crippen LogP contribution < -0.4 is 0 Å². The van der Waals surface area contributed by atoms with Crippen LogP contribution in [0.4, 0.5) is 0 Å². The van der Waals surface area contributed by atoms with Crippen LogP contribution in [0.15, 0.2) is 24.5 Å². The molecule has 1 fully saturated rings. The summed E-state index contributed by atoms with van der Waals surface area (Å²) in [5.41, 5.74) is 4.00. The lowest BCUT2D eigenvalue weighted by Gasteiger charge is -2.29. The van der Waals surface area contributed by atoms with Gasteiger partial charge in [0.25, 0.3) is 0 Å². The van der Waals surface area contributed by atoms with Crippen molar-refractivity contribution >= 4 is 5.91 Å². The van der Waals surface area contributed by atoms with Crippen molar-refractivity contribution in [3.8, 4) is 0 Å². The normalized spacial score (nSPS) is 20.3. The molecule has 1 aliphatic rings. The Morgan fingerprint density at radius 1 is 1.46 bits per heavy atom. The molecule has 0 N–H and O–H groups in total. The number of pyridine rings is 1. The Bertz CT molecular complexity index is 726. The number of carbonyl (C=O) groups excluding carboxylic acids is 1. The molecule has 3 heterocycles. The SMILES string of the molecule is Cc1nn(C)c(C)c1CC(=O)N(C)[C@H]1CCO[C@@H]1c1cccnc1. The molecule has 0 spiro atoms. The van der Waals surface area contributed by atoms with E-state index in [4.69, 9.17) is 4.74 Å². The minimum atomic E-state index is -0.108. The van der Waals surface area contributed by atoms with Gasteiger partial charge >= 0.3 is 0 Å². The lowest BCUT2D eigenvalue weighted by atomic mass is 10.0. The van der Waals surface area contributed by atoms with Gasteiger partial charge in [-0.1, -0.05) is 6.07 Å². The van der Waals surface area contributed by atoms with Crippen LogP contribution in [-0.2, 0) is 23.0 Å². The van der Waals surface area contributed by atoms with Gasteiger partial charge in [-0.15, -0.1) is 0 Å². The van der Waals surface area contributed by atoms with Crippen molar-refractivity contribution in [1.29, 1.82) is 0 Å². The number of likely N-dealkylation sites (N-methyl/N-ethyl adjacent to an activating group) is 1. The lowest BCUT2D eigenvalue weighted by molar-refractivity contribution is -0.132. The highest BCUT2D eigenvalue weighted by atomic mass is 16.5. The van der Waals surface area contributed by atoms with E-state index < -0.39 is 0 Å². The Morgan fingerprint density at radius 3 is 2.88 bits per heavy atom. The molecule has 2 aromatic heterocycles. The van der Waals surface area contributed by atoms with Crippen molar-refractivity contribution in [2.75, 3.05) is 13.7 Å². The summed E-state index contributed by atoms with van der Waals surface area (Å²) in [6.45, 7) is 4.61. The third-order valence-electron chi connectivity index (χ3n) is 4.95. The molecule has 1 amide bonds. The van der Waals surface area contributed by atoms with Crippen molar-refractivity contribution in [2.45, 2.75) is 38.8 Å². The molecule has 0 saturated carbocycles. The molecular formula is C18H24N4O2. The zero-order valence-electron chi connectivity index (χ0n) is 14.7. The summed E-state index contributed by atoms with van der Waals surface area (Å²) in [5.74, 6) is 0.0959. The zero-order chi connectivity index (χ0) is 17.3. The first-order chi connectivity index (χ1) is 11.5. The van der Waals surface area contributed by atoms with Crippen molar-refractivity contribution in [3.05, 3.63) is 47.0 Å². The summed E-state index contributed by atoms with van der Waals surface area (Å²) in [6, 6.07) is 3.95. The average molecular weight is 328 g/mol. The van der Waals surface area contributed by atoms with Crippen LogP contribution in [0.3, 0.4) is 0 Å². The van der Waals surface area contributed by atoms with E-state index >= 15 is 0 Å². The molecule has 1 saturated heterocycles. The van der Waals surface area contributed by atoms with Crippen molar-refractivity contribution in [3.63, 3.8) is 0 Å². The first-order valence-electron chi connectivity index (χ1n) is 8.25. The van der Waals surface area contributed by atoms with E-state index in [1.54, 1.807) is 6.20 Å². The number of ether oxygens (including phenoxy) is 1. The predicted molar refractivity (Wildman–Crippen MR) is 90.5 cm³/mol. The van der Waals surface area contributed by atoms with Gasteiger partial charge in [0.1, 0.15) is 6.10 Å². The number of hydrogen-bond acceptors (Lipinski definition) is 4. The summed E-state index contributed by atoms with van der Waals surface area (Å²) in [5, 5.41) is 4.40. The van der Waals surface area contributed by atoms with E-state index in [0.717, 1.165) is 28.9 Å². The first kappa shape index (κ1) is 16.6. The summed E-state index contributed by atoms with van der Waals surface area (Å²) in [7, 11) is 3.77. The molecular weight excluding hydrogens is 304 g/mol. The third-order valence-corrected chi connectivity index (χ3v) is 4.95. The Morgan fingerprint density at radius 2 is 2.25 bits per heavy atom. The topological polar surface area (TPSA) is 60.2 Å². The zero-order valence-corrected chi connectivity index (χ0v) is 14.7. The molecule has 0 unspecified atom stereocenters. The van der Waals surface area contributed by atoms with Gasteiger partial charge in [0.05, 0.1) is 18.2 Å². The van der Waals surface area contributed by atoms with Crippen molar-refractivity contribution in [2.24, 2.45) is 7.05 Å². The lowest BCUT2D eigenvalue weighted by Crippen LogP contribution is -2.39. The van der Waals surface area contributed by atoms with Gasteiger partial charge in [0, 0.05) is 49.9 Å². The van der Waals surface area contributed by atoms with Crippen molar-refractivity contribution < 1.29 is 9.53 Å². The van der Waals surface area contributed by atoms with E-state index in [-0.39, 0.29) is 18.1 Å². The molecule has 2 atom stereocenters.